The third-order valence-corrected chi connectivity index (χ3v) is 1.57. The number of hydrogen-bond donors (Lipinski definition) is 1. The lowest BCUT2D eigenvalue weighted by atomic mass is 10.2. The molecule has 0 heterocycles. The van der Waals surface area contributed by atoms with Gasteiger partial charge in [0.2, 0.25) is 0 Å². The Labute approximate surface area is 74.8 Å². The highest BCUT2D eigenvalue weighted by Crippen LogP contribution is 2.35. The molecular formula is C9H10F2O2. The maximum atomic E-state index is 12.2. The average molecular weight is 188 g/mol. The van der Waals surface area contributed by atoms with Crippen molar-refractivity contribution in [2.75, 3.05) is 6.61 Å². The van der Waals surface area contributed by atoms with Crippen LogP contribution in [-0.2, 0) is 0 Å². The molecule has 0 spiro atoms. The summed E-state index contributed by atoms with van der Waals surface area (Å²) in [5.74, 6) is -0.375. The Morgan fingerprint density at radius 2 is 2.15 bits per heavy atom. The summed E-state index contributed by atoms with van der Waals surface area (Å²) in [6.45, 7) is 2.05. The first-order valence-corrected chi connectivity index (χ1v) is 3.89. The standard InChI is InChI=1S/C9H10F2O2/c1-2-13-7-5-3-4-6(8(7)12)9(10)11/h3-5,9,12H,2H2,1H3. The van der Waals surface area contributed by atoms with Crippen LogP contribution in [0.1, 0.15) is 18.9 Å². The molecule has 13 heavy (non-hydrogen) atoms. The van der Waals surface area contributed by atoms with E-state index in [0.29, 0.717) is 6.61 Å². The van der Waals surface area contributed by atoms with Crippen LogP contribution in [0.4, 0.5) is 8.78 Å². The summed E-state index contributed by atoms with van der Waals surface area (Å²) in [5, 5.41) is 9.29. The summed E-state index contributed by atoms with van der Waals surface area (Å²) in [7, 11) is 0. The maximum Gasteiger partial charge on any atom is 0.267 e. The minimum atomic E-state index is -2.68. The third-order valence-electron chi connectivity index (χ3n) is 1.57. The molecule has 0 radical (unpaired) electrons. The molecule has 2 nitrogen and oxygen atoms in total. The van der Waals surface area contributed by atoms with E-state index >= 15 is 0 Å². The molecule has 0 atom stereocenters. The van der Waals surface area contributed by atoms with E-state index in [1.54, 1.807) is 6.92 Å². The number of aromatic hydroxyl groups is 1. The van der Waals surface area contributed by atoms with E-state index in [2.05, 4.69) is 0 Å². The highest BCUT2D eigenvalue weighted by Gasteiger charge is 2.15. The van der Waals surface area contributed by atoms with Crippen molar-refractivity contribution in [2.45, 2.75) is 13.3 Å². The fourth-order valence-electron chi connectivity index (χ4n) is 0.987. The van der Waals surface area contributed by atoms with Crippen molar-refractivity contribution in [3.05, 3.63) is 23.8 Å². The number of phenolic OH excluding ortho intramolecular Hbond substituents is 1. The second-order valence-electron chi connectivity index (χ2n) is 2.43. The van der Waals surface area contributed by atoms with Gasteiger partial charge in [-0.25, -0.2) is 8.78 Å². The molecule has 0 aliphatic heterocycles. The van der Waals surface area contributed by atoms with Gasteiger partial charge in [-0.1, -0.05) is 6.07 Å². The SMILES string of the molecule is CCOc1cccc(C(F)F)c1O. The summed E-state index contributed by atoms with van der Waals surface area (Å²) in [4.78, 5) is 0. The Morgan fingerprint density at radius 3 is 2.69 bits per heavy atom. The first-order valence-electron chi connectivity index (χ1n) is 3.89. The lowest BCUT2D eigenvalue weighted by Gasteiger charge is -2.08. The summed E-state index contributed by atoms with van der Waals surface area (Å²) >= 11 is 0. The van der Waals surface area contributed by atoms with Crippen molar-refractivity contribution < 1.29 is 18.6 Å². The van der Waals surface area contributed by atoms with Gasteiger partial charge in [0, 0.05) is 0 Å². The number of rotatable bonds is 3. The minimum Gasteiger partial charge on any atom is -0.504 e. The van der Waals surface area contributed by atoms with Gasteiger partial charge >= 0.3 is 0 Å². The van der Waals surface area contributed by atoms with Crippen molar-refractivity contribution in [3.63, 3.8) is 0 Å². The summed E-state index contributed by atoms with van der Waals surface area (Å²) in [6, 6.07) is 4.04. The van der Waals surface area contributed by atoms with Gasteiger partial charge in [0.15, 0.2) is 11.5 Å². The summed E-state index contributed by atoms with van der Waals surface area (Å²) in [6.07, 6.45) is -2.68. The molecule has 1 aromatic rings. The van der Waals surface area contributed by atoms with E-state index in [4.69, 9.17) is 4.74 Å². The first kappa shape index (κ1) is 9.77. The van der Waals surface area contributed by atoms with Crippen molar-refractivity contribution in [3.8, 4) is 11.5 Å². The van der Waals surface area contributed by atoms with Crippen LogP contribution in [0.15, 0.2) is 18.2 Å². The van der Waals surface area contributed by atoms with Gasteiger partial charge in [-0.2, -0.15) is 0 Å². The smallest absolute Gasteiger partial charge is 0.267 e. The van der Waals surface area contributed by atoms with Crippen LogP contribution >= 0.6 is 0 Å². The van der Waals surface area contributed by atoms with Crippen LogP contribution in [0.3, 0.4) is 0 Å². The second kappa shape index (κ2) is 4.07. The van der Waals surface area contributed by atoms with Crippen molar-refractivity contribution in [2.24, 2.45) is 0 Å². The normalized spacial score (nSPS) is 10.5. The Hall–Kier alpha value is -1.32. The third kappa shape index (κ3) is 2.08. The average Bonchev–Trinajstić information content (AvgIpc) is 2.08. The van der Waals surface area contributed by atoms with Crippen molar-refractivity contribution in [1.82, 2.24) is 0 Å². The Bertz CT molecular complexity index is 287. The van der Waals surface area contributed by atoms with Gasteiger partial charge in [-0.3, -0.25) is 0 Å². The molecule has 1 rings (SSSR count). The Morgan fingerprint density at radius 1 is 1.46 bits per heavy atom. The molecule has 0 aliphatic rings. The van der Waals surface area contributed by atoms with Crippen molar-refractivity contribution in [1.29, 1.82) is 0 Å². The summed E-state index contributed by atoms with van der Waals surface area (Å²) in [5.41, 5.74) is -0.397. The van der Waals surface area contributed by atoms with E-state index in [0.717, 1.165) is 0 Å². The van der Waals surface area contributed by atoms with Gasteiger partial charge in [-0.15, -0.1) is 0 Å². The highest BCUT2D eigenvalue weighted by molar-refractivity contribution is 5.45. The van der Waals surface area contributed by atoms with Gasteiger partial charge in [0.05, 0.1) is 12.2 Å². The molecule has 0 bridgehead atoms. The van der Waals surface area contributed by atoms with E-state index in [1.807, 2.05) is 0 Å². The molecule has 0 aliphatic carbocycles. The van der Waals surface area contributed by atoms with Gasteiger partial charge in [0.25, 0.3) is 6.43 Å². The van der Waals surface area contributed by atoms with Crippen LogP contribution in [0.2, 0.25) is 0 Å². The summed E-state index contributed by atoms with van der Waals surface area (Å²) < 4.78 is 29.4. The Balaban J connectivity index is 3.03. The molecule has 4 heteroatoms. The zero-order chi connectivity index (χ0) is 9.84. The van der Waals surface area contributed by atoms with E-state index in [9.17, 15) is 13.9 Å². The quantitative estimate of drug-likeness (QED) is 0.790. The van der Waals surface area contributed by atoms with Crippen LogP contribution < -0.4 is 4.74 Å². The molecule has 1 N–H and O–H groups in total. The highest BCUT2D eigenvalue weighted by atomic mass is 19.3. The van der Waals surface area contributed by atoms with Crippen LogP contribution in [0, 0.1) is 0 Å². The number of benzene rings is 1. The number of halogens is 2. The van der Waals surface area contributed by atoms with Crippen LogP contribution in [0.25, 0.3) is 0 Å². The van der Waals surface area contributed by atoms with E-state index in [1.165, 1.54) is 18.2 Å². The molecule has 0 saturated carbocycles. The van der Waals surface area contributed by atoms with E-state index in [-0.39, 0.29) is 5.75 Å². The largest absolute Gasteiger partial charge is 0.504 e. The molecule has 0 amide bonds. The zero-order valence-electron chi connectivity index (χ0n) is 7.13. The fourth-order valence-corrected chi connectivity index (χ4v) is 0.987. The lowest BCUT2D eigenvalue weighted by Crippen LogP contribution is -1.94. The lowest BCUT2D eigenvalue weighted by molar-refractivity contribution is 0.146. The fraction of sp³-hybridized carbons (Fsp3) is 0.333. The molecule has 0 saturated heterocycles. The predicted molar refractivity (Wildman–Crippen MR) is 44.2 cm³/mol. The molecule has 1 aromatic carbocycles. The number of ether oxygens (including phenoxy) is 1. The zero-order valence-corrected chi connectivity index (χ0v) is 7.13. The minimum absolute atomic E-state index is 0.0975. The predicted octanol–water partition coefficient (Wildman–Crippen LogP) is 2.73. The number of hydrogen-bond acceptors (Lipinski definition) is 2. The van der Waals surface area contributed by atoms with Crippen LogP contribution in [-0.4, -0.2) is 11.7 Å². The monoisotopic (exact) mass is 188 g/mol. The number of para-hydroxylation sites is 1. The number of alkyl halides is 2. The second-order valence-corrected chi connectivity index (χ2v) is 2.43. The molecule has 72 valence electrons. The van der Waals surface area contributed by atoms with E-state index < -0.39 is 17.7 Å². The molecule has 0 fully saturated rings. The maximum absolute atomic E-state index is 12.2. The molecular weight excluding hydrogens is 178 g/mol. The molecule has 0 unspecified atom stereocenters. The van der Waals surface area contributed by atoms with Gasteiger partial charge in [0.1, 0.15) is 0 Å². The van der Waals surface area contributed by atoms with Gasteiger partial charge in [-0.05, 0) is 19.1 Å². The Kier molecular flexibility index (Phi) is 3.06. The van der Waals surface area contributed by atoms with Gasteiger partial charge < -0.3 is 9.84 Å². The first-order chi connectivity index (χ1) is 6.16. The topological polar surface area (TPSA) is 29.5 Å². The van der Waals surface area contributed by atoms with Crippen molar-refractivity contribution >= 4 is 0 Å². The number of phenols is 1. The molecule has 0 aromatic heterocycles. The van der Waals surface area contributed by atoms with Crippen LogP contribution in [0.5, 0.6) is 11.5 Å².